The van der Waals surface area contributed by atoms with E-state index in [1.807, 2.05) is 24.3 Å². The smallest absolute Gasteiger partial charge is 0.245 e. The Morgan fingerprint density at radius 3 is 2.94 bits per heavy atom. The first-order chi connectivity index (χ1) is 8.12. The van der Waals surface area contributed by atoms with Crippen LogP contribution in [0.1, 0.15) is 12.8 Å². The number of hydrogen-bond acceptors (Lipinski definition) is 3. The highest BCUT2D eigenvalue weighted by atomic mass is 79.9. The molecule has 0 aromatic heterocycles. The number of amides is 1. The number of carbonyl (C=O) groups excluding carboxylic acids is 1. The molecule has 92 valence electrons. The molecule has 0 radical (unpaired) electrons. The molecule has 1 amide bonds. The summed E-state index contributed by atoms with van der Waals surface area (Å²) < 4.78 is 6.33. The first kappa shape index (κ1) is 12.4. The minimum Gasteiger partial charge on any atom is -0.378 e. The van der Waals surface area contributed by atoms with Gasteiger partial charge in [-0.2, -0.15) is 0 Å². The lowest BCUT2D eigenvalue weighted by atomic mass is 9.91. The van der Waals surface area contributed by atoms with Crippen LogP contribution < -0.4 is 11.1 Å². The van der Waals surface area contributed by atoms with E-state index in [1.165, 1.54) is 0 Å². The zero-order chi connectivity index (χ0) is 12.3. The summed E-state index contributed by atoms with van der Waals surface area (Å²) in [5, 5.41) is 3.21. The second-order valence-electron chi connectivity index (χ2n) is 4.24. The SMILES string of the molecule is NC(=O)C1(Nc2cccc(Br)c2)CCCOC1. The highest BCUT2D eigenvalue weighted by Gasteiger charge is 2.38. The summed E-state index contributed by atoms with van der Waals surface area (Å²) in [7, 11) is 0. The van der Waals surface area contributed by atoms with Crippen LogP contribution in [0.4, 0.5) is 5.69 Å². The summed E-state index contributed by atoms with van der Waals surface area (Å²) in [4.78, 5) is 11.6. The van der Waals surface area contributed by atoms with Gasteiger partial charge in [0, 0.05) is 16.8 Å². The maximum Gasteiger partial charge on any atom is 0.245 e. The Hall–Kier alpha value is -1.07. The quantitative estimate of drug-likeness (QED) is 0.896. The van der Waals surface area contributed by atoms with Gasteiger partial charge in [-0.05, 0) is 31.0 Å². The lowest BCUT2D eigenvalue weighted by Gasteiger charge is -2.35. The average molecular weight is 299 g/mol. The van der Waals surface area contributed by atoms with E-state index in [0.717, 1.165) is 16.6 Å². The van der Waals surface area contributed by atoms with Gasteiger partial charge in [0.15, 0.2) is 0 Å². The third-order valence-corrected chi connectivity index (χ3v) is 3.41. The maximum absolute atomic E-state index is 11.6. The number of nitrogens with two attached hydrogens (primary N) is 1. The van der Waals surface area contributed by atoms with Gasteiger partial charge in [0.1, 0.15) is 5.54 Å². The van der Waals surface area contributed by atoms with Gasteiger partial charge in [-0.1, -0.05) is 22.0 Å². The first-order valence-corrected chi connectivity index (χ1v) is 6.33. The van der Waals surface area contributed by atoms with E-state index in [2.05, 4.69) is 21.2 Å². The van der Waals surface area contributed by atoms with E-state index in [-0.39, 0.29) is 5.91 Å². The summed E-state index contributed by atoms with van der Waals surface area (Å²) in [5.74, 6) is -0.364. The van der Waals surface area contributed by atoms with E-state index in [9.17, 15) is 4.79 Å². The van der Waals surface area contributed by atoms with Crippen LogP contribution >= 0.6 is 15.9 Å². The number of primary amides is 1. The molecule has 0 saturated carbocycles. The van der Waals surface area contributed by atoms with Gasteiger partial charge in [0.25, 0.3) is 0 Å². The Morgan fingerprint density at radius 1 is 1.53 bits per heavy atom. The summed E-state index contributed by atoms with van der Waals surface area (Å²) >= 11 is 3.39. The molecular weight excluding hydrogens is 284 g/mol. The van der Waals surface area contributed by atoms with E-state index >= 15 is 0 Å². The summed E-state index contributed by atoms with van der Waals surface area (Å²) in [6.45, 7) is 1.02. The fraction of sp³-hybridized carbons (Fsp3) is 0.417. The number of anilines is 1. The molecule has 17 heavy (non-hydrogen) atoms. The molecular formula is C12H15BrN2O2. The van der Waals surface area contributed by atoms with Gasteiger partial charge >= 0.3 is 0 Å². The molecule has 4 nitrogen and oxygen atoms in total. The fourth-order valence-corrected chi connectivity index (χ4v) is 2.39. The molecule has 1 atom stereocenters. The Labute approximate surface area is 109 Å². The zero-order valence-electron chi connectivity index (χ0n) is 9.41. The van der Waals surface area contributed by atoms with Crippen molar-refractivity contribution in [1.82, 2.24) is 0 Å². The Bertz CT molecular complexity index is 417. The van der Waals surface area contributed by atoms with E-state index in [0.29, 0.717) is 19.6 Å². The number of benzene rings is 1. The molecule has 0 aliphatic carbocycles. The minimum absolute atomic E-state index is 0.328. The van der Waals surface area contributed by atoms with Crippen molar-refractivity contribution >= 4 is 27.5 Å². The Kier molecular flexibility index (Phi) is 3.69. The topological polar surface area (TPSA) is 64.4 Å². The van der Waals surface area contributed by atoms with Crippen molar-refractivity contribution in [2.24, 2.45) is 5.73 Å². The number of nitrogens with one attached hydrogen (secondary N) is 1. The normalized spacial score (nSPS) is 24.3. The van der Waals surface area contributed by atoms with Gasteiger partial charge in [-0.25, -0.2) is 0 Å². The summed E-state index contributed by atoms with van der Waals surface area (Å²) in [6, 6.07) is 7.66. The lowest BCUT2D eigenvalue weighted by molar-refractivity contribution is -0.126. The van der Waals surface area contributed by atoms with Crippen molar-refractivity contribution in [1.29, 1.82) is 0 Å². The van der Waals surface area contributed by atoms with E-state index in [1.54, 1.807) is 0 Å². The standard InChI is InChI=1S/C12H15BrN2O2/c13-9-3-1-4-10(7-9)15-12(11(14)16)5-2-6-17-8-12/h1,3-4,7,15H,2,5-6,8H2,(H2,14,16). The molecule has 1 heterocycles. The van der Waals surface area contributed by atoms with Crippen molar-refractivity contribution in [3.8, 4) is 0 Å². The first-order valence-electron chi connectivity index (χ1n) is 5.54. The molecule has 0 spiro atoms. The maximum atomic E-state index is 11.6. The molecule has 1 unspecified atom stereocenters. The van der Waals surface area contributed by atoms with Crippen LogP contribution in [0.3, 0.4) is 0 Å². The van der Waals surface area contributed by atoms with E-state index in [4.69, 9.17) is 10.5 Å². The predicted octanol–water partition coefficient (Wildman–Crippen LogP) is 1.90. The molecule has 0 bridgehead atoms. The predicted molar refractivity (Wildman–Crippen MR) is 69.7 cm³/mol. The van der Waals surface area contributed by atoms with Crippen molar-refractivity contribution < 1.29 is 9.53 Å². The number of carbonyl (C=O) groups is 1. The van der Waals surface area contributed by atoms with Crippen molar-refractivity contribution in [3.63, 3.8) is 0 Å². The van der Waals surface area contributed by atoms with Crippen molar-refractivity contribution in [2.45, 2.75) is 18.4 Å². The van der Waals surface area contributed by atoms with Gasteiger partial charge in [0.05, 0.1) is 6.61 Å². The second-order valence-corrected chi connectivity index (χ2v) is 5.15. The van der Waals surface area contributed by atoms with Crippen LogP contribution in [-0.2, 0) is 9.53 Å². The van der Waals surface area contributed by atoms with Crippen LogP contribution in [0.25, 0.3) is 0 Å². The highest BCUT2D eigenvalue weighted by molar-refractivity contribution is 9.10. The van der Waals surface area contributed by atoms with E-state index < -0.39 is 5.54 Å². The third kappa shape index (κ3) is 2.79. The van der Waals surface area contributed by atoms with Gasteiger partial charge in [-0.3, -0.25) is 4.79 Å². The molecule has 1 saturated heterocycles. The van der Waals surface area contributed by atoms with Crippen molar-refractivity contribution in [3.05, 3.63) is 28.7 Å². The van der Waals surface area contributed by atoms with Crippen LogP contribution in [0, 0.1) is 0 Å². The van der Waals surface area contributed by atoms with Crippen LogP contribution in [0.2, 0.25) is 0 Å². The van der Waals surface area contributed by atoms with Gasteiger partial charge < -0.3 is 15.8 Å². The number of hydrogen-bond donors (Lipinski definition) is 2. The molecule has 1 aromatic carbocycles. The summed E-state index contributed by atoms with van der Waals surface area (Å²) in [6.07, 6.45) is 1.54. The van der Waals surface area contributed by atoms with Crippen molar-refractivity contribution in [2.75, 3.05) is 18.5 Å². The third-order valence-electron chi connectivity index (χ3n) is 2.92. The number of halogens is 1. The van der Waals surface area contributed by atoms with Gasteiger partial charge in [-0.15, -0.1) is 0 Å². The molecule has 5 heteroatoms. The summed E-state index contributed by atoms with van der Waals surface area (Å²) in [5.41, 5.74) is 5.58. The fourth-order valence-electron chi connectivity index (χ4n) is 1.99. The zero-order valence-corrected chi connectivity index (χ0v) is 11.0. The molecule has 1 fully saturated rings. The molecule has 3 N–H and O–H groups in total. The highest BCUT2D eigenvalue weighted by Crippen LogP contribution is 2.26. The monoisotopic (exact) mass is 298 g/mol. The molecule has 2 rings (SSSR count). The average Bonchev–Trinajstić information content (AvgIpc) is 2.30. The minimum atomic E-state index is -0.779. The van der Waals surface area contributed by atoms with Crippen LogP contribution in [0.15, 0.2) is 28.7 Å². The molecule has 1 aliphatic rings. The Balaban J connectivity index is 2.20. The molecule has 1 aliphatic heterocycles. The number of rotatable bonds is 3. The lowest BCUT2D eigenvalue weighted by Crippen LogP contribution is -2.56. The number of ether oxygens (including phenoxy) is 1. The second kappa shape index (κ2) is 5.06. The molecule has 1 aromatic rings. The van der Waals surface area contributed by atoms with Gasteiger partial charge in [0.2, 0.25) is 5.91 Å². The largest absolute Gasteiger partial charge is 0.378 e. The Morgan fingerprint density at radius 2 is 2.35 bits per heavy atom. The van der Waals surface area contributed by atoms with Crippen LogP contribution in [0.5, 0.6) is 0 Å². The van der Waals surface area contributed by atoms with Crippen LogP contribution in [-0.4, -0.2) is 24.7 Å².